The summed E-state index contributed by atoms with van der Waals surface area (Å²) in [5.41, 5.74) is 0.357. The van der Waals surface area contributed by atoms with Gasteiger partial charge in [-0.3, -0.25) is 24.0 Å². The van der Waals surface area contributed by atoms with Gasteiger partial charge in [0.2, 0.25) is 12.7 Å². The molecular weight excluding hydrogens is 602 g/mol. The lowest BCUT2D eigenvalue weighted by Crippen LogP contribution is -2.37. The zero-order valence-corrected chi connectivity index (χ0v) is 27.3. The Morgan fingerprint density at radius 3 is 2.13 bits per heavy atom. The van der Waals surface area contributed by atoms with Gasteiger partial charge < -0.3 is 28.4 Å². The van der Waals surface area contributed by atoms with Crippen molar-refractivity contribution >= 4 is 46.7 Å². The summed E-state index contributed by atoms with van der Waals surface area (Å²) in [5.74, 6) is -2.16. The third kappa shape index (κ3) is 13.5. The smallest absolute Gasteiger partial charge is 0.419 e. The first-order valence-corrected chi connectivity index (χ1v) is 14.8. The highest BCUT2D eigenvalue weighted by atomic mass is 16.7. The van der Waals surface area contributed by atoms with Gasteiger partial charge in [0.25, 0.3) is 0 Å². The van der Waals surface area contributed by atoms with Gasteiger partial charge >= 0.3 is 30.0 Å². The molecule has 0 atom stereocenters. The zero-order valence-electron chi connectivity index (χ0n) is 27.3. The summed E-state index contributed by atoms with van der Waals surface area (Å²) in [4.78, 5) is 72.7. The molecule has 0 fully saturated rings. The van der Waals surface area contributed by atoms with Crippen LogP contribution >= 0.6 is 0 Å². The van der Waals surface area contributed by atoms with E-state index in [2.05, 4.69) is 0 Å². The summed E-state index contributed by atoms with van der Waals surface area (Å²) in [5, 5.41) is 1.93. The van der Waals surface area contributed by atoms with E-state index in [-0.39, 0.29) is 32.6 Å². The van der Waals surface area contributed by atoms with E-state index in [4.69, 9.17) is 28.4 Å². The summed E-state index contributed by atoms with van der Waals surface area (Å²) in [6, 6.07) is 11.4. The molecule has 2 aromatic carbocycles. The number of fused-ring (bicyclic) bond motifs is 1. The number of nitrogens with zero attached hydrogens (tertiary/aromatic N) is 1. The van der Waals surface area contributed by atoms with Crippen molar-refractivity contribution in [3.05, 3.63) is 42.0 Å². The molecule has 0 aliphatic rings. The van der Waals surface area contributed by atoms with Crippen LogP contribution in [0.5, 0.6) is 5.75 Å². The average molecular weight is 646 g/mol. The first-order valence-electron chi connectivity index (χ1n) is 14.8. The second-order valence-electron chi connectivity index (χ2n) is 11.4. The Morgan fingerprint density at radius 1 is 0.848 bits per heavy atom. The van der Waals surface area contributed by atoms with Crippen molar-refractivity contribution < 1.29 is 57.2 Å². The molecule has 46 heavy (non-hydrogen) atoms. The molecule has 0 aliphatic heterocycles. The number of carbonyl (C=O) groups is 6. The van der Waals surface area contributed by atoms with Gasteiger partial charge in [-0.15, -0.1) is 0 Å². The minimum atomic E-state index is -0.949. The van der Waals surface area contributed by atoms with Crippen molar-refractivity contribution in [1.29, 1.82) is 0 Å². The minimum Gasteiger partial charge on any atom is -0.497 e. The fourth-order valence-electron chi connectivity index (χ4n) is 4.52. The lowest BCUT2D eigenvalue weighted by atomic mass is 9.84. The number of hydrogen-bond donors (Lipinski definition) is 0. The predicted octanol–water partition coefficient (Wildman–Crippen LogP) is 4.50. The Labute approximate surface area is 268 Å². The SMILES string of the molecule is COc1ccc2cccc(CCN(C(C)=O)C(=O)OCOC(=O)CCCC(C)(C)CC(=O)OC(COC(C)=O)COC(C)=O)c2c1. The molecule has 0 saturated heterocycles. The first-order chi connectivity index (χ1) is 21.7. The summed E-state index contributed by atoms with van der Waals surface area (Å²) in [7, 11) is 1.58. The van der Waals surface area contributed by atoms with Gasteiger partial charge in [-0.1, -0.05) is 38.1 Å². The van der Waals surface area contributed by atoms with Crippen LogP contribution < -0.4 is 4.74 Å². The highest BCUT2D eigenvalue weighted by Crippen LogP contribution is 2.28. The Morgan fingerprint density at radius 2 is 1.52 bits per heavy atom. The molecule has 13 nitrogen and oxygen atoms in total. The van der Waals surface area contributed by atoms with E-state index in [1.165, 1.54) is 20.8 Å². The lowest BCUT2D eigenvalue weighted by molar-refractivity contribution is -0.167. The van der Waals surface area contributed by atoms with E-state index in [9.17, 15) is 28.8 Å². The van der Waals surface area contributed by atoms with E-state index in [1.807, 2.05) is 50.2 Å². The zero-order chi connectivity index (χ0) is 34.3. The number of methoxy groups -OCH3 is 1. The van der Waals surface area contributed by atoms with Gasteiger partial charge in [-0.2, -0.15) is 0 Å². The Bertz CT molecular complexity index is 1370. The Kier molecular flexibility index (Phi) is 14.9. The summed E-state index contributed by atoms with van der Waals surface area (Å²) in [6.45, 7) is 6.19. The van der Waals surface area contributed by atoms with E-state index >= 15 is 0 Å². The molecule has 2 aromatic rings. The van der Waals surface area contributed by atoms with Crippen molar-refractivity contribution in [1.82, 2.24) is 4.90 Å². The van der Waals surface area contributed by atoms with Gasteiger partial charge in [0.1, 0.15) is 19.0 Å². The minimum absolute atomic E-state index is 0.00147. The molecule has 2 rings (SSSR count). The van der Waals surface area contributed by atoms with E-state index in [0.717, 1.165) is 21.2 Å². The Hall–Kier alpha value is -4.68. The molecule has 252 valence electrons. The summed E-state index contributed by atoms with van der Waals surface area (Å²) >= 11 is 0. The van der Waals surface area contributed by atoms with Crippen molar-refractivity contribution in [3.8, 4) is 5.75 Å². The van der Waals surface area contributed by atoms with Crippen LogP contribution in [-0.2, 0) is 54.1 Å². The van der Waals surface area contributed by atoms with Gasteiger partial charge in [0.15, 0.2) is 6.10 Å². The van der Waals surface area contributed by atoms with Crippen LogP contribution in [-0.4, -0.2) is 80.5 Å². The third-order valence-corrected chi connectivity index (χ3v) is 6.89. The summed E-state index contributed by atoms with van der Waals surface area (Å²) < 4.78 is 30.4. The van der Waals surface area contributed by atoms with Crippen LogP contribution in [0, 0.1) is 5.41 Å². The average Bonchev–Trinajstić information content (AvgIpc) is 2.97. The van der Waals surface area contributed by atoms with Crippen LogP contribution in [0.2, 0.25) is 0 Å². The number of ether oxygens (including phenoxy) is 6. The highest BCUT2D eigenvalue weighted by Gasteiger charge is 2.26. The van der Waals surface area contributed by atoms with Crippen molar-refractivity contribution in [2.45, 2.75) is 72.8 Å². The molecule has 0 spiro atoms. The van der Waals surface area contributed by atoms with Crippen molar-refractivity contribution in [3.63, 3.8) is 0 Å². The summed E-state index contributed by atoms with van der Waals surface area (Å²) in [6.07, 6.45) is -0.697. The van der Waals surface area contributed by atoms with E-state index in [0.29, 0.717) is 25.0 Å². The third-order valence-electron chi connectivity index (χ3n) is 6.89. The molecule has 0 radical (unpaired) electrons. The molecule has 0 bridgehead atoms. The highest BCUT2D eigenvalue weighted by molar-refractivity contribution is 5.91. The van der Waals surface area contributed by atoms with Crippen molar-refractivity contribution in [2.75, 3.05) is 33.7 Å². The fourth-order valence-corrected chi connectivity index (χ4v) is 4.52. The molecular formula is C33H43NO12. The quantitative estimate of drug-likeness (QED) is 0.135. The van der Waals surface area contributed by atoms with Gasteiger partial charge in [0.05, 0.1) is 13.5 Å². The standard InChI is InChI=1S/C33H43NO12/c1-22(35)34(16-14-26-10-7-9-25-12-13-27(41-6)17-29(25)26)32(40)45-21-44-30(38)11-8-15-33(4,5)18-31(39)46-28(19-42-23(2)36)20-43-24(3)37/h7,9-10,12-13,17,28H,8,11,14-16,18-21H2,1-6H3. The van der Waals surface area contributed by atoms with Crippen LogP contribution in [0.4, 0.5) is 4.79 Å². The molecule has 13 heteroatoms. The normalized spacial score (nSPS) is 11.0. The lowest BCUT2D eigenvalue weighted by Gasteiger charge is -2.25. The largest absolute Gasteiger partial charge is 0.497 e. The number of carbonyl (C=O) groups excluding carboxylic acids is 6. The van der Waals surface area contributed by atoms with Crippen LogP contribution in [0.3, 0.4) is 0 Å². The second-order valence-corrected chi connectivity index (χ2v) is 11.4. The Balaban J connectivity index is 1.77. The maximum Gasteiger partial charge on any atom is 0.419 e. The predicted molar refractivity (Wildman–Crippen MR) is 164 cm³/mol. The monoisotopic (exact) mass is 645 g/mol. The topological polar surface area (TPSA) is 161 Å². The van der Waals surface area contributed by atoms with Gasteiger partial charge in [-0.05, 0) is 53.1 Å². The number of hydrogen-bond acceptors (Lipinski definition) is 12. The van der Waals surface area contributed by atoms with Gasteiger partial charge in [0, 0.05) is 33.7 Å². The molecule has 0 saturated carbocycles. The second kappa shape index (κ2) is 18.3. The van der Waals surface area contributed by atoms with Gasteiger partial charge in [-0.25, -0.2) is 9.69 Å². The van der Waals surface area contributed by atoms with Crippen LogP contribution in [0.25, 0.3) is 10.8 Å². The fraction of sp³-hybridized carbons (Fsp3) is 0.515. The molecule has 0 N–H and O–H groups in total. The maximum absolute atomic E-state index is 12.6. The maximum atomic E-state index is 12.6. The van der Waals surface area contributed by atoms with Crippen LogP contribution in [0.15, 0.2) is 36.4 Å². The number of esters is 4. The van der Waals surface area contributed by atoms with E-state index < -0.39 is 54.2 Å². The molecule has 2 amide bonds. The van der Waals surface area contributed by atoms with Crippen LogP contribution in [0.1, 0.15) is 65.9 Å². The van der Waals surface area contributed by atoms with E-state index in [1.54, 1.807) is 7.11 Å². The number of benzene rings is 2. The number of amides is 2. The first kappa shape index (κ1) is 37.5. The number of imide groups is 1. The number of rotatable bonds is 17. The molecule has 0 heterocycles. The van der Waals surface area contributed by atoms with Crippen molar-refractivity contribution in [2.24, 2.45) is 5.41 Å². The molecule has 0 unspecified atom stereocenters. The molecule has 0 aromatic heterocycles. The molecule has 0 aliphatic carbocycles.